The van der Waals surface area contributed by atoms with Crippen molar-refractivity contribution < 1.29 is 4.79 Å². The number of carbonyl (C=O) groups is 1. The number of benzene rings is 1. The van der Waals surface area contributed by atoms with Gasteiger partial charge in [-0.2, -0.15) is 0 Å². The molecule has 1 aromatic rings. The average molecular weight is 282 g/mol. The van der Waals surface area contributed by atoms with Crippen molar-refractivity contribution in [2.24, 2.45) is 0 Å². The van der Waals surface area contributed by atoms with Gasteiger partial charge < -0.3 is 15.5 Å². The predicted molar refractivity (Wildman–Crippen MR) is 78.5 cm³/mol. The summed E-state index contributed by atoms with van der Waals surface area (Å²) in [4.78, 5) is 16.5. The van der Waals surface area contributed by atoms with Gasteiger partial charge in [0.15, 0.2) is 0 Å². The van der Waals surface area contributed by atoms with Crippen LogP contribution in [0.2, 0.25) is 5.02 Å². The number of piperidine rings is 1. The van der Waals surface area contributed by atoms with Crippen LogP contribution in [0.3, 0.4) is 0 Å². The van der Waals surface area contributed by atoms with Gasteiger partial charge in [0, 0.05) is 19.1 Å². The smallest absolute Gasteiger partial charge is 0.255 e. The molecule has 2 rings (SSSR count). The van der Waals surface area contributed by atoms with Crippen LogP contribution in [-0.4, -0.2) is 48.9 Å². The maximum atomic E-state index is 12.5. The number of rotatable bonds is 2. The monoisotopic (exact) mass is 281 g/mol. The largest absolute Gasteiger partial charge is 0.398 e. The van der Waals surface area contributed by atoms with E-state index in [0.717, 1.165) is 25.9 Å². The quantitative estimate of drug-likeness (QED) is 0.845. The summed E-state index contributed by atoms with van der Waals surface area (Å²) in [6, 6.07) is 5.62. The number of amides is 1. The molecule has 19 heavy (non-hydrogen) atoms. The van der Waals surface area contributed by atoms with Crippen LogP contribution in [0.25, 0.3) is 0 Å². The molecule has 4 nitrogen and oxygen atoms in total. The number of hydrogen-bond acceptors (Lipinski definition) is 3. The van der Waals surface area contributed by atoms with Crippen LogP contribution in [-0.2, 0) is 0 Å². The van der Waals surface area contributed by atoms with E-state index in [0.29, 0.717) is 22.3 Å². The maximum Gasteiger partial charge on any atom is 0.255 e. The van der Waals surface area contributed by atoms with Crippen LogP contribution in [0.15, 0.2) is 18.2 Å². The first kappa shape index (κ1) is 14.2. The lowest BCUT2D eigenvalue weighted by Gasteiger charge is -2.36. The molecule has 1 aromatic carbocycles. The van der Waals surface area contributed by atoms with Gasteiger partial charge in [0.2, 0.25) is 0 Å². The minimum Gasteiger partial charge on any atom is -0.398 e. The van der Waals surface area contributed by atoms with Crippen molar-refractivity contribution in [3.05, 3.63) is 28.8 Å². The molecule has 0 bridgehead atoms. The highest BCUT2D eigenvalue weighted by Gasteiger charge is 2.26. The summed E-state index contributed by atoms with van der Waals surface area (Å²) in [6.07, 6.45) is 2.15. The van der Waals surface area contributed by atoms with E-state index in [1.54, 1.807) is 18.2 Å². The van der Waals surface area contributed by atoms with Crippen molar-refractivity contribution in [2.75, 3.05) is 32.9 Å². The van der Waals surface area contributed by atoms with Crippen LogP contribution in [0.1, 0.15) is 23.2 Å². The zero-order valence-corrected chi connectivity index (χ0v) is 12.2. The number of likely N-dealkylation sites (N-methyl/N-ethyl adjacent to an activating group) is 1. The van der Waals surface area contributed by atoms with Gasteiger partial charge in [0.1, 0.15) is 0 Å². The van der Waals surface area contributed by atoms with Crippen molar-refractivity contribution in [3.8, 4) is 0 Å². The number of anilines is 1. The second kappa shape index (κ2) is 5.80. The molecule has 1 atom stereocenters. The van der Waals surface area contributed by atoms with Crippen molar-refractivity contribution in [2.45, 2.75) is 18.9 Å². The van der Waals surface area contributed by atoms with E-state index in [1.807, 2.05) is 19.0 Å². The Balaban J connectivity index is 2.17. The number of carbonyl (C=O) groups excluding carboxylic acids is 1. The fourth-order valence-corrected chi connectivity index (χ4v) is 2.65. The minimum atomic E-state index is -0.0242. The van der Waals surface area contributed by atoms with Crippen molar-refractivity contribution in [3.63, 3.8) is 0 Å². The van der Waals surface area contributed by atoms with Gasteiger partial charge in [0.25, 0.3) is 5.91 Å². The molecule has 1 amide bonds. The molecule has 0 spiro atoms. The molecule has 1 fully saturated rings. The van der Waals surface area contributed by atoms with Gasteiger partial charge >= 0.3 is 0 Å². The van der Waals surface area contributed by atoms with E-state index < -0.39 is 0 Å². The van der Waals surface area contributed by atoms with Crippen molar-refractivity contribution in [1.29, 1.82) is 0 Å². The Bertz CT molecular complexity index is 476. The minimum absolute atomic E-state index is 0.0242. The molecular formula is C14H20ClN3O. The van der Waals surface area contributed by atoms with E-state index >= 15 is 0 Å². The first-order valence-electron chi connectivity index (χ1n) is 6.50. The third-order valence-corrected chi connectivity index (χ3v) is 4.09. The van der Waals surface area contributed by atoms with Crippen LogP contribution in [0.4, 0.5) is 5.69 Å². The van der Waals surface area contributed by atoms with Gasteiger partial charge in [-0.1, -0.05) is 17.7 Å². The fraction of sp³-hybridized carbons (Fsp3) is 0.500. The molecule has 2 N–H and O–H groups in total. The van der Waals surface area contributed by atoms with E-state index in [2.05, 4.69) is 4.90 Å². The molecule has 1 saturated heterocycles. The SMILES string of the molecule is CN(C)C1CCCN(C(=O)c2cccc(N)c2Cl)C1. The summed E-state index contributed by atoms with van der Waals surface area (Å²) in [5.74, 6) is -0.0242. The standard InChI is InChI=1S/C14H20ClN3O/c1-17(2)10-5-4-8-18(9-10)14(19)11-6-3-7-12(16)13(11)15/h3,6-7,10H,4-5,8-9,16H2,1-2H3. The summed E-state index contributed by atoms with van der Waals surface area (Å²) in [6.45, 7) is 1.53. The number of nitrogen functional groups attached to an aromatic ring is 1. The molecular weight excluding hydrogens is 262 g/mol. The molecule has 104 valence electrons. The topological polar surface area (TPSA) is 49.6 Å². The highest BCUT2D eigenvalue weighted by atomic mass is 35.5. The Labute approximate surface area is 119 Å². The van der Waals surface area contributed by atoms with E-state index in [4.69, 9.17) is 17.3 Å². The third kappa shape index (κ3) is 3.01. The summed E-state index contributed by atoms with van der Waals surface area (Å²) < 4.78 is 0. The molecule has 5 heteroatoms. The van der Waals surface area contributed by atoms with Gasteiger partial charge in [-0.05, 0) is 39.1 Å². The Hall–Kier alpha value is -1.26. The van der Waals surface area contributed by atoms with Crippen molar-refractivity contribution >= 4 is 23.2 Å². The number of likely N-dealkylation sites (tertiary alicyclic amines) is 1. The van der Waals surface area contributed by atoms with Crippen LogP contribution >= 0.6 is 11.6 Å². The highest BCUT2D eigenvalue weighted by Crippen LogP contribution is 2.25. The summed E-state index contributed by atoms with van der Waals surface area (Å²) in [5, 5.41) is 0.361. The zero-order valence-electron chi connectivity index (χ0n) is 11.4. The summed E-state index contributed by atoms with van der Waals surface area (Å²) >= 11 is 6.12. The van der Waals surface area contributed by atoms with Crippen LogP contribution in [0.5, 0.6) is 0 Å². The van der Waals surface area contributed by atoms with Crippen molar-refractivity contribution in [1.82, 2.24) is 9.80 Å². The zero-order chi connectivity index (χ0) is 14.0. The molecule has 1 heterocycles. The number of nitrogens with zero attached hydrogens (tertiary/aromatic N) is 2. The molecule has 0 radical (unpaired) electrons. The van der Waals surface area contributed by atoms with Crippen LogP contribution < -0.4 is 5.73 Å². The van der Waals surface area contributed by atoms with E-state index in [1.165, 1.54) is 0 Å². The summed E-state index contributed by atoms with van der Waals surface area (Å²) in [5.41, 5.74) is 6.71. The third-order valence-electron chi connectivity index (χ3n) is 3.67. The fourth-order valence-electron chi connectivity index (χ4n) is 2.45. The van der Waals surface area contributed by atoms with Gasteiger partial charge in [-0.15, -0.1) is 0 Å². The molecule has 1 aliphatic heterocycles. The van der Waals surface area contributed by atoms with E-state index in [-0.39, 0.29) is 5.91 Å². The first-order valence-corrected chi connectivity index (χ1v) is 6.88. The number of halogens is 1. The Morgan fingerprint density at radius 2 is 2.21 bits per heavy atom. The lowest BCUT2D eigenvalue weighted by Crippen LogP contribution is -2.47. The van der Waals surface area contributed by atoms with Gasteiger partial charge in [-0.3, -0.25) is 4.79 Å². The Morgan fingerprint density at radius 3 is 2.89 bits per heavy atom. The molecule has 0 aliphatic carbocycles. The molecule has 1 unspecified atom stereocenters. The van der Waals surface area contributed by atoms with E-state index in [9.17, 15) is 4.79 Å². The summed E-state index contributed by atoms with van der Waals surface area (Å²) in [7, 11) is 4.10. The average Bonchev–Trinajstić information content (AvgIpc) is 2.41. The molecule has 0 saturated carbocycles. The molecule has 0 aromatic heterocycles. The lowest BCUT2D eigenvalue weighted by molar-refractivity contribution is 0.0635. The van der Waals surface area contributed by atoms with Gasteiger partial charge in [-0.25, -0.2) is 0 Å². The predicted octanol–water partition coefficient (Wildman–Crippen LogP) is 2.09. The normalized spacial score (nSPS) is 19.8. The van der Waals surface area contributed by atoms with Gasteiger partial charge in [0.05, 0.1) is 16.3 Å². The second-order valence-electron chi connectivity index (χ2n) is 5.22. The van der Waals surface area contributed by atoms with Crippen LogP contribution in [0, 0.1) is 0 Å². The number of hydrogen-bond donors (Lipinski definition) is 1. The maximum absolute atomic E-state index is 12.5. The lowest BCUT2D eigenvalue weighted by atomic mass is 10.0. The number of nitrogens with two attached hydrogens (primary N) is 1. The Morgan fingerprint density at radius 1 is 1.47 bits per heavy atom. The first-order chi connectivity index (χ1) is 9.00. The highest BCUT2D eigenvalue weighted by molar-refractivity contribution is 6.36. The second-order valence-corrected chi connectivity index (χ2v) is 5.60. The molecule has 1 aliphatic rings. The Kier molecular flexibility index (Phi) is 4.32.